The normalized spacial score (nSPS) is 7.33. The van der Waals surface area contributed by atoms with Crippen LogP contribution in [0.25, 0.3) is 9.69 Å². The van der Waals surface area contributed by atoms with Crippen molar-refractivity contribution in [2.75, 3.05) is 13.1 Å². The van der Waals surface area contributed by atoms with Crippen LogP contribution in [-0.4, -0.2) is 13.1 Å². The van der Waals surface area contributed by atoms with Gasteiger partial charge in [0.1, 0.15) is 0 Å². The van der Waals surface area contributed by atoms with Gasteiger partial charge in [0.15, 0.2) is 0 Å². The van der Waals surface area contributed by atoms with Gasteiger partial charge in [0.2, 0.25) is 13.1 Å². The second-order valence-corrected chi connectivity index (χ2v) is 2.47. The minimum absolute atomic E-state index is 0.705. The molecule has 2 nitrogen and oxygen atoms in total. The molecule has 0 aromatic rings. The first kappa shape index (κ1) is 13.6. The van der Waals surface area contributed by atoms with E-state index in [0.717, 1.165) is 25.7 Å². The molecule has 0 aromatic heterocycles. The molecule has 0 bridgehead atoms. The van der Waals surface area contributed by atoms with Crippen LogP contribution in [0.4, 0.5) is 0 Å². The fourth-order valence-corrected chi connectivity index (χ4v) is 0.474. The Morgan fingerprint density at radius 3 is 1.25 bits per heavy atom. The number of rotatable bonds is 4. The molecule has 0 saturated carbocycles. The van der Waals surface area contributed by atoms with Crippen molar-refractivity contribution in [1.82, 2.24) is 0 Å². The lowest BCUT2D eigenvalue weighted by Crippen LogP contribution is -1.70. The van der Waals surface area contributed by atoms with E-state index in [9.17, 15) is 0 Å². The standard InChI is InChI=1S/2C5H9N/c2*1-3-4-5-6-2/h2*3-5H2,1H3. The van der Waals surface area contributed by atoms with Crippen LogP contribution >= 0.6 is 0 Å². The molecule has 2 heteroatoms. The largest absolute Gasteiger partial charge is 0.317 e. The zero-order chi connectivity index (χ0) is 9.66. The van der Waals surface area contributed by atoms with Crippen molar-refractivity contribution in [2.24, 2.45) is 0 Å². The Kier molecular flexibility index (Phi) is 18.7. The Balaban J connectivity index is 0. The third kappa shape index (κ3) is 23.1. The van der Waals surface area contributed by atoms with Gasteiger partial charge in [-0.1, -0.05) is 13.8 Å². The quantitative estimate of drug-likeness (QED) is 0.447. The number of hydrogen-bond donors (Lipinski definition) is 0. The van der Waals surface area contributed by atoms with Gasteiger partial charge >= 0.3 is 0 Å². The highest BCUT2D eigenvalue weighted by Crippen LogP contribution is 1.84. The van der Waals surface area contributed by atoms with Crippen molar-refractivity contribution in [3.63, 3.8) is 0 Å². The molecule has 0 N–H and O–H groups in total. The molecule has 0 atom stereocenters. The molecule has 68 valence electrons. The zero-order valence-electron chi connectivity index (χ0n) is 8.14. The van der Waals surface area contributed by atoms with E-state index in [1.54, 1.807) is 0 Å². The van der Waals surface area contributed by atoms with Crippen molar-refractivity contribution >= 4 is 0 Å². The Hall–Kier alpha value is -1.02. The molecule has 0 aromatic carbocycles. The van der Waals surface area contributed by atoms with E-state index in [-0.39, 0.29) is 0 Å². The molecule has 0 aliphatic rings. The van der Waals surface area contributed by atoms with Crippen LogP contribution in [0.2, 0.25) is 0 Å². The Bertz CT molecular complexity index is 121. The lowest BCUT2D eigenvalue weighted by molar-refractivity contribution is 0.859. The smallest absolute Gasteiger partial charge is 0.214 e. The van der Waals surface area contributed by atoms with E-state index in [1.807, 2.05) is 0 Å². The van der Waals surface area contributed by atoms with Gasteiger partial charge in [-0.05, 0) is 12.8 Å². The number of unbranched alkanes of at least 4 members (excludes halogenated alkanes) is 2. The number of hydrogen-bond acceptors (Lipinski definition) is 0. The van der Waals surface area contributed by atoms with E-state index in [0.29, 0.717) is 13.1 Å². The van der Waals surface area contributed by atoms with Gasteiger partial charge in [-0.15, -0.1) is 0 Å². The first-order valence-corrected chi connectivity index (χ1v) is 4.49. The van der Waals surface area contributed by atoms with Crippen LogP contribution in [0.5, 0.6) is 0 Å². The molecule has 12 heavy (non-hydrogen) atoms. The zero-order valence-corrected chi connectivity index (χ0v) is 8.14. The second-order valence-electron chi connectivity index (χ2n) is 2.47. The molecule has 0 aliphatic heterocycles. The third-order valence-corrected chi connectivity index (χ3v) is 1.25. The lowest BCUT2D eigenvalue weighted by Gasteiger charge is -1.75. The van der Waals surface area contributed by atoms with E-state index in [4.69, 9.17) is 13.1 Å². The molecule has 0 heterocycles. The molecule has 0 radical (unpaired) electrons. The summed E-state index contributed by atoms with van der Waals surface area (Å²) in [6, 6.07) is 0. The number of nitrogens with zero attached hydrogens (tertiary/aromatic N) is 2. The molecule has 0 aliphatic carbocycles. The van der Waals surface area contributed by atoms with Crippen LogP contribution in [0.3, 0.4) is 0 Å². The van der Waals surface area contributed by atoms with Gasteiger partial charge in [0.05, 0.1) is 0 Å². The average Bonchev–Trinajstić information content (AvgIpc) is 2.12. The fourth-order valence-electron chi connectivity index (χ4n) is 0.474. The minimum Gasteiger partial charge on any atom is -0.317 e. The fraction of sp³-hybridized carbons (Fsp3) is 0.800. The predicted molar refractivity (Wildman–Crippen MR) is 52.8 cm³/mol. The van der Waals surface area contributed by atoms with Gasteiger partial charge in [0, 0.05) is 12.8 Å². The summed E-state index contributed by atoms with van der Waals surface area (Å²) in [5, 5.41) is 0. The van der Waals surface area contributed by atoms with Crippen molar-refractivity contribution in [3.8, 4) is 0 Å². The summed E-state index contributed by atoms with van der Waals surface area (Å²) in [7, 11) is 0. The van der Waals surface area contributed by atoms with Gasteiger partial charge in [-0.3, -0.25) is 0 Å². The van der Waals surface area contributed by atoms with Crippen molar-refractivity contribution < 1.29 is 0 Å². The maximum atomic E-state index is 6.33. The summed E-state index contributed by atoms with van der Waals surface area (Å²) in [6.45, 7) is 18.2. The maximum Gasteiger partial charge on any atom is 0.214 e. The van der Waals surface area contributed by atoms with Gasteiger partial charge in [-0.25, -0.2) is 13.1 Å². The summed E-state index contributed by atoms with van der Waals surface area (Å²) in [5.41, 5.74) is 0. The maximum absolute atomic E-state index is 6.33. The van der Waals surface area contributed by atoms with E-state index >= 15 is 0 Å². The van der Waals surface area contributed by atoms with Crippen molar-refractivity contribution in [2.45, 2.75) is 39.5 Å². The lowest BCUT2D eigenvalue weighted by atomic mass is 10.3. The molecule has 0 rings (SSSR count). The van der Waals surface area contributed by atoms with E-state index in [1.165, 1.54) is 0 Å². The third-order valence-electron chi connectivity index (χ3n) is 1.25. The summed E-state index contributed by atoms with van der Waals surface area (Å²) in [5.74, 6) is 0. The van der Waals surface area contributed by atoms with Gasteiger partial charge in [-0.2, -0.15) is 0 Å². The molecule has 0 spiro atoms. The van der Waals surface area contributed by atoms with E-state index in [2.05, 4.69) is 23.5 Å². The highest BCUT2D eigenvalue weighted by atomic mass is 14.6. The minimum atomic E-state index is 0.705. The average molecular weight is 166 g/mol. The highest BCUT2D eigenvalue weighted by molar-refractivity contribution is 4.55. The van der Waals surface area contributed by atoms with Gasteiger partial charge < -0.3 is 9.69 Å². The Morgan fingerprint density at radius 2 is 1.17 bits per heavy atom. The summed E-state index contributed by atoms with van der Waals surface area (Å²) in [4.78, 5) is 6.35. The van der Waals surface area contributed by atoms with Crippen LogP contribution in [0.15, 0.2) is 0 Å². The van der Waals surface area contributed by atoms with Crippen molar-refractivity contribution in [3.05, 3.63) is 22.8 Å². The summed E-state index contributed by atoms with van der Waals surface area (Å²) in [6.07, 6.45) is 4.40. The van der Waals surface area contributed by atoms with E-state index < -0.39 is 0 Å². The molecule has 0 unspecified atom stereocenters. The SMILES string of the molecule is [C-]#[N+]CCCC.[C-]#[N+]CCCC. The second kappa shape index (κ2) is 16.5. The van der Waals surface area contributed by atoms with Crippen LogP contribution in [0, 0.1) is 13.1 Å². The molecular formula is C10H18N2. The van der Waals surface area contributed by atoms with Crippen LogP contribution < -0.4 is 0 Å². The summed E-state index contributed by atoms with van der Waals surface area (Å²) >= 11 is 0. The van der Waals surface area contributed by atoms with Gasteiger partial charge in [0.25, 0.3) is 0 Å². The molecule has 0 saturated heterocycles. The first-order valence-electron chi connectivity index (χ1n) is 4.49. The Labute approximate surface area is 76.2 Å². The van der Waals surface area contributed by atoms with Crippen molar-refractivity contribution in [1.29, 1.82) is 0 Å². The predicted octanol–water partition coefficient (Wildman–Crippen LogP) is 3.41. The van der Waals surface area contributed by atoms with Crippen LogP contribution in [0.1, 0.15) is 39.5 Å². The molecule has 0 fully saturated rings. The first-order chi connectivity index (χ1) is 5.83. The summed E-state index contributed by atoms with van der Waals surface area (Å²) < 4.78 is 0. The topological polar surface area (TPSA) is 8.72 Å². The highest BCUT2D eigenvalue weighted by Gasteiger charge is 1.78. The molecule has 0 amide bonds. The van der Waals surface area contributed by atoms with Crippen LogP contribution in [-0.2, 0) is 0 Å². The Morgan fingerprint density at radius 1 is 0.833 bits per heavy atom. The monoisotopic (exact) mass is 166 g/mol. The molecular weight excluding hydrogens is 148 g/mol.